The molecule has 0 saturated heterocycles. The molecule has 2 rings (SSSR count). The van der Waals surface area contributed by atoms with Gasteiger partial charge in [-0.3, -0.25) is 10.1 Å². The molecule has 0 fully saturated rings. The number of halogens is 1. The predicted molar refractivity (Wildman–Crippen MR) is 75.3 cm³/mol. The number of para-hydroxylation sites is 1. The highest BCUT2D eigenvalue weighted by atomic mass is 35.5. The van der Waals surface area contributed by atoms with Crippen molar-refractivity contribution >= 4 is 17.3 Å². The van der Waals surface area contributed by atoms with Crippen molar-refractivity contribution in [1.82, 2.24) is 0 Å². The van der Waals surface area contributed by atoms with Gasteiger partial charge in [0.25, 0.3) is 5.69 Å². The van der Waals surface area contributed by atoms with Gasteiger partial charge in [-0.15, -0.1) is 0 Å². The smallest absolute Gasteiger partial charge is 0.273 e. The Morgan fingerprint density at radius 2 is 1.95 bits per heavy atom. The Morgan fingerprint density at radius 1 is 1.25 bits per heavy atom. The number of benzene rings is 2. The van der Waals surface area contributed by atoms with Crippen molar-refractivity contribution in [3.8, 4) is 11.5 Å². The van der Waals surface area contributed by atoms with Crippen LogP contribution in [0.1, 0.15) is 18.6 Å². The van der Waals surface area contributed by atoms with Crippen molar-refractivity contribution in [2.24, 2.45) is 0 Å². The van der Waals surface area contributed by atoms with Crippen molar-refractivity contribution in [3.63, 3.8) is 0 Å². The Kier molecular flexibility index (Phi) is 4.22. The highest BCUT2D eigenvalue weighted by Crippen LogP contribution is 2.35. The Labute approximate surface area is 120 Å². The summed E-state index contributed by atoms with van der Waals surface area (Å²) in [4.78, 5) is 10.2. The maximum Gasteiger partial charge on any atom is 0.273 e. The minimum Gasteiger partial charge on any atom is -0.455 e. The minimum absolute atomic E-state index is 0.112. The molecule has 0 amide bonds. The zero-order valence-corrected chi connectivity index (χ0v) is 11.4. The molecule has 0 bridgehead atoms. The van der Waals surface area contributed by atoms with Gasteiger partial charge in [-0.1, -0.05) is 29.8 Å². The number of nitro groups is 1. The number of aliphatic hydroxyl groups excluding tert-OH is 1. The Morgan fingerprint density at radius 3 is 2.60 bits per heavy atom. The summed E-state index contributed by atoms with van der Waals surface area (Å²) in [6, 6.07) is 10.8. The molecule has 5 nitrogen and oxygen atoms in total. The summed E-state index contributed by atoms with van der Waals surface area (Å²) in [6.07, 6.45) is -0.719. The Bertz CT molecular complexity index is 643. The van der Waals surface area contributed by atoms with Crippen LogP contribution in [0.2, 0.25) is 5.02 Å². The number of aliphatic hydroxyl groups is 1. The molecule has 2 aromatic carbocycles. The third-order valence-electron chi connectivity index (χ3n) is 2.71. The van der Waals surface area contributed by atoms with E-state index in [-0.39, 0.29) is 16.5 Å². The second kappa shape index (κ2) is 5.90. The molecule has 0 heterocycles. The van der Waals surface area contributed by atoms with Crippen molar-refractivity contribution in [2.75, 3.05) is 0 Å². The van der Waals surface area contributed by atoms with E-state index in [0.29, 0.717) is 11.3 Å². The van der Waals surface area contributed by atoms with Crippen molar-refractivity contribution in [1.29, 1.82) is 0 Å². The lowest BCUT2D eigenvalue weighted by atomic mass is 10.1. The fourth-order valence-corrected chi connectivity index (χ4v) is 1.88. The number of hydrogen-bond acceptors (Lipinski definition) is 4. The van der Waals surface area contributed by atoms with Crippen LogP contribution in [0.4, 0.5) is 5.69 Å². The van der Waals surface area contributed by atoms with E-state index in [1.807, 2.05) is 0 Å². The van der Waals surface area contributed by atoms with Crippen LogP contribution in [0, 0.1) is 10.1 Å². The first-order valence-corrected chi connectivity index (χ1v) is 6.25. The maximum absolute atomic E-state index is 10.8. The summed E-state index contributed by atoms with van der Waals surface area (Å²) in [5, 5.41) is 20.7. The molecule has 1 atom stereocenters. The lowest BCUT2D eigenvalue weighted by Crippen LogP contribution is -1.96. The van der Waals surface area contributed by atoms with Crippen molar-refractivity contribution < 1.29 is 14.8 Å². The number of nitro benzene ring substituents is 1. The van der Waals surface area contributed by atoms with E-state index in [0.717, 1.165) is 0 Å². The number of nitrogens with zero attached hydrogens (tertiary/aromatic N) is 1. The lowest BCUT2D eigenvalue weighted by molar-refractivity contribution is -0.384. The normalized spacial score (nSPS) is 11.9. The van der Waals surface area contributed by atoms with Gasteiger partial charge in [0, 0.05) is 11.6 Å². The molecule has 0 aliphatic rings. The van der Waals surface area contributed by atoms with Crippen molar-refractivity contribution in [3.05, 3.63) is 63.2 Å². The molecule has 0 spiro atoms. The van der Waals surface area contributed by atoms with Gasteiger partial charge < -0.3 is 9.84 Å². The monoisotopic (exact) mass is 293 g/mol. The van der Waals surface area contributed by atoms with Gasteiger partial charge in [-0.05, 0) is 19.1 Å². The second-order valence-electron chi connectivity index (χ2n) is 4.19. The third kappa shape index (κ3) is 3.07. The zero-order valence-electron chi connectivity index (χ0n) is 10.6. The summed E-state index contributed by atoms with van der Waals surface area (Å²) < 4.78 is 5.60. The predicted octanol–water partition coefficient (Wildman–Crippen LogP) is 4.09. The van der Waals surface area contributed by atoms with Gasteiger partial charge >= 0.3 is 0 Å². The summed E-state index contributed by atoms with van der Waals surface area (Å²) in [7, 11) is 0. The van der Waals surface area contributed by atoms with Crippen LogP contribution in [-0.4, -0.2) is 10.0 Å². The molecular formula is C14H12ClNO4. The quantitative estimate of drug-likeness (QED) is 0.680. The number of ether oxygens (including phenoxy) is 1. The van der Waals surface area contributed by atoms with Gasteiger partial charge in [-0.25, -0.2) is 0 Å². The van der Waals surface area contributed by atoms with E-state index in [4.69, 9.17) is 16.3 Å². The number of rotatable bonds is 4. The summed E-state index contributed by atoms with van der Waals surface area (Å²) >= 11 is 5.97. The zero-order chi connectivity index (χ0) is 14.7. The molecule has 104 valence electrons. The molecule has 0 radical (unpaired) electrons. The highest BCUT2D eigenvalue weighted by molar-refractivity contribution is 6.32. The molecule has 0 unspecified atom stereocenters. The van der Waals surface area contributed by atoms with Crippen LogP contribution in [-0.2, 0) is 0 Å². The van der Waals surface area contributed by atoms with Gasteiger partial charge in [0.2, 0.25) is 0 Å². The highest BCUT2D eigenvalue weighted by Gasteiger charge is 2.14. The van der Waals surface area contributed by atoms with Crippen LogP contribution < -0.4 is 4.74 Å². The van der Waals surface area contributed by atoms with Crippen LogP contribution in [0.25, 0.3) is 0 Å². The topological polar surface area (TPSA) is 72.6 Å². The third-order valence-corrected chi connectivity index (χ3v) is 3.03. The van der Waals surface area contributed by atoms with Crippen LogP contribution in [0.3, 0.4) is 0 Å². The molecular weight excluding hydrogens is 282 g/mol. The average molecular weight is 294 g/mol. The summed E-state index contributed by atoms with van der Waals surface area (Å²) in [6.45, 7) is 1.61. The molecule has 6 heteroatoms. The molecule has 20 heavy (non-hydrogen) atoms. The molecule has 0 aromatic heterocycles. The van der Waals surface area contributed by atoms with Gasteiger partial charge in [-0.2, -0.15) is 0 Å². The SMILES string of the molecule is C[C@@H](O)c1ccccc1Oc1cc([N+](=O)[O-])ccc1Cl. The van der Waals surface area contributed by atoms with Crippen LogP contribution in [0.15, 0.2) is 42.5 Å². The first-order valence-electron chi connectivity index (χ1n) is 5.88. The molecule has 1 N–H and O–H groups in total. The van der Waals surface area contributed by atoms with E-state index in [1.54, 1.807) is 31.2 Å². The van der Waals surface area contributed by atoms with E-state index in [9.17, 15) is 15.2 Å². The van der Waals surface area contributed by atoms with E-state index < -0.39 is 11.0 Å². The molecule has 0 aliphatic heterocycles. The summed E-state index contributed by atoms with van der Waals surface area (Å²) in [5.41, 5.74) is 0.467. The van der Waals surface area contributed by atoms with Crippen LogP contribution in [0.5, 0.6) is 11.5 Å². The first kappa shape index (κ1) is 14.3. The fraction of sp³-hybridized carbons (Fsp3) is 0.143. The van der Waals surface area contributed by atoms with E-state index >= 15 is 0 Å². The second-order valence-corrected chi connectivity index (χ2v) is 4.59. The molecule has 0 saturated carbocycles. The fourth-order valence-electron chi connectivity index (χ4n) is 1.72. The maximum atomic E-state index is 10.8. The Hall–Kier alpha value is -2.11. The van der Waals surface area contributed by atoms with Crippen LogP contribution >= 0.6 is 11.6 Å². The largest absolute Gasteiger partial charge is 0.455 e. The van der Waals surface area contributed by atoms with Crippen molar-refractivity contribution in [2.45, 2.75) is 13.0 Å². The standard InChI is InChI=1S/C14H12ClNO4/c1-9(17)11-4-2-3-5-13(11)20-14-8-10(16(18)19)6-7-12(14)15/h2-9,17H,1H3/t9-/m1/s1. The van der Waals surface area contributed by atoms with E-state index in [1.165, 1.54) is 18.2 Å². The number of non-ortho nitro benzene ring substituents is 1. The van der Waals surface area contributed by atoms with E-state index in [2.05, 4.69) is 0 Å². The average Bonchev–Trinajstić information content (AvgIpc) is 2.41. The minimum atomic E-state index is -0.719. The van der Waals surface area contributed by atoms with Gasteiger partial charge in [0.05, 0.1) is 22.1 Å². The van der Waals surface area contributed by atoms with Gasteiger partial charge in [0.15, 0.2) is 5.75 Å². The number of hydrogen-bond donors (Lipinski definition) is 1. The first-order chi connectivity index (χ1) is 9.49. The molecule has 0 aliphatic carbocycles. The lowest BCUT2D eigenvalue weighted by Gasteiger charge is -2.13. The Balaban J connectivity index is 2.40. The summed E-state index contributed by atoms with van der Waals surface area (Å²) in [5.74, 6) is 0.582. The molecule has 2 aromatic rings. The van der Waals surface area contributed by atoms with Gasteiger partial charge in [0.1, 0.15) is 5.75 Å².